The first-order valence-electron chi connectivity index (χ1n) is 6.01. The van der Waals surface area contributed by atoms with Gasteiger partial charge < -0.3 is 9.84 Å². The van der Waals surface area contributed by atoms with Crippen LogP contribution in [0.3, 0.4) is 0 Å². The molecular weight excluding hydrogens is 226 g/mol. The molecular formula is C15H21NO2. The van der Waals surface area contributed by atoms with Crippen molar-refractivity contribution < 1.29 is 9.84 Å². The topological polar surface area (TPSA) is 53.2 Å². The summed E-state index contributed by atoms with van der Waals surface area (Å²) in [4.78, 5) is 0. The van der Waals surface area contributed by atoms with Gasteiger partial charge in [-0.1, -0.05) is 41.5 Å². The Morgan fingerprint density at radius 2 is 1.39 bits per heavy atom. The first-order valence-corrected chi connectivity index (χ1v) is 6.01. The van der Waals surface area contributed by atoms with E-state index in [1.807, 2.05) is 41.5 Å². The van der Waals surface area contributed by atoms with Crippen LogP contribution in [0.25, 0.3) is 0 Å². The number of rotatable bonds is 1. The van der Waals surface area contributed by atoms with Crippen molar-refractivity contribution in [1.29, 1.82) is 5.26 Å². The first-order chi connectivity index (χ1) is 8.07. The lowest BCUT2D eigenvalue weighted by molar-refractivity contribution is 0.417. The summed E-state index contributed by atoms with van der Waals surface area (Å²) in [6, 6.07) is 3.46. The van der Waals surface area contributed by atoms with Crippen LogP contribution in [-0.2, 0) is 10.8 Å². The number of nitriles is 1. The van der Waals surface area contributed by atoms with Crippen LogP contribution in [0, 0.1) is 11.5 Å². The predicted octanol–water partition coefficient (Wildman–Crippen LogP) is 3.85. The van der Waals surface area contributed by atoms with E-state index in [0.717, 1.165) is 11.1 Å². The van der Waals surface area contributed by atoms with Crippen molar-refractivity contribution in [3.8, 4) is 17.8 Å². The third-order valence-electron chi connectivity index (χ3n) is 2.86. The van der Waals surface area contributed by atoms with E-state index in [1.54, 1.807) is 18.4 Å². The summed E-state index contributed by atoms with van der Waals surface area (Å²) in [5, 5.41) is 19.1. The van der Waals surface area contributed by atoms with Gasteiger partial charge in [-0.05, 0) is 23.0 Å². The lowest BCUT2D eigenvalue weighted by atomic mass is 9.79. The Hall–Kier alpha value is -1.69. The van der Waals surface area contributed by atoms with Crippen LogP contribution in [0.2, 0.25) is 0 Å². The van der Waals surface area contributed by atoms with E-state index < -0.39 is 0 Å². The SMILES string of the molecule is CC(C)(C)c1cc(OC#N)cc(C(C)(C)C)c1O. The van der Waals surface area contributed by atoms with Crippen molar-refractivity contribution >= 4 is 0 Å². The Bertz CT molecular complexity index is 450. The highest BCUT2D eigenvalue weighted by molar-refractivity contribution is 5.52. The molecule has 0 aliphatic rings. The normalized spacial score (nSPS) is 12.1. The number of nitrogens with zero attached hydrogens (tertiary/aromatic N) is 1. The molecule has 0 fully saturated rings. The molecule has 0 atom stereocenters. The molecule has 0 heterocycles. The summed E-state index contributed by atoms with van der Waals surface area (Å²) in [5.41, 5.74) is 1.16. The van der Waals surface area contributed by atoms with Crippen molar-refractivity contribution in [3.63, 3.8) is 0 Å². The quantitative estimate of drug-likeness (QED) is 0.767. The van der Waals surface area contributed by atoms with Gasteiger partial charge >= 0.3 is 0 Å². The molecule has 1 rings (SSSR count). The Kier molecular flexibility index (Phi) is 3.62. The van der Waals surface area contributed by atoms with E-state index in [4.69, 9.17) is 10.00 Å². The number of hydrogen-bond donors (Lipinski definition) is 1. The molecule has 0 aliphatic carbocycles. The molecule has 0 bridgehead atoms. The second-order valence-electron chi connectivity index (χ2n) is 6.56. The van der Waals surface area contributed by atoms with Crippen LogP contribution >= 0.6 is 0 Å². The van der Waals surface area contributed by atoms with Gasteiger partial charge in [0.15, 0.2) is 0 Å². The fraction of sp³-hybridized carbons (Fsp3) is 0.533. The minimum atomic E-state index is -0.209. The molecule has 0 saturated carbocycles. The highest BCUT2D eigenvalue weighted by Crippen LogP contribution is 2.41. The van der Waals surface area contributed by atoms with Gasteiger partial charge in [-0.2, -0.15) is 0 Å². The monoisotopic (exact) mass is 247 g/mol. The third kappa shape index (κ3) is 2.95. The molecule has 0 aliphatic heterocycles. The largest absolute Gasteiger partial charge is 0.507 e. The second-order valence-corrected chi connectivity index (χ2v) is 6.56. The fourth-order valence-electron chi connectivity index (χ4n) is 1.86. The van der Waals surface area contributed by atoms with Crippen molar-refractivity contribution in [3.05, 3.63) is 23.3 Å². The van der Waals surface area contributed by atoms with Gasteiger partial charge in [0.05, 0.1) is 0 Å². The minimum Gasteiger partial charge on any atom is -0.507 e. The highest BCUT2D eigenvalue weighted by atomic mass is 16.5. The summed E-state index contributed by atoms with van der Waals surface area (Å²) < 4.78 is 4.93. The molecule has 0 unspecified atom stereocenters. The van der Waals surface area contributed by atoms with Crippen molar-refractivity contribution in [2.24, 2.45) is 0 Å². The second kappa shape index (κ2) is 4.53. The molecule has 3 heteroatoms. The molecule has 18 heavy (non-hydrogen) atoms. The molecule has 0 saturated heterocycles. The van der Waals surface area contributed by atoms with E-state index in [-0.39, 0.29) is 10.8 Å². The molecule has 0 aromatic heterocycles. The van der Waals surface area contributed by atoms with Gasteiger partial charge in [0.1, 0.15) is 11.5 Å². The summed E-state index contributed by atoms with van der Waals surface area (Å²) in [7, 11) is 0. The van der Waals surface area contributed by atoms with Gasteiger partial charge in [-0.25, -0.2) is 0 Å². The van der Waals surface area contributed by atoms with Crippen molar-refractivity contribution in [2.45, 2.75) is 52.4 Å². The van der Waals surface area contributed by atoms with Crippen LogP contribution in [-0.4, -0.2) is 5.11 Å². The van der Waals surface area contributed by atoms with Gasteiger partial charge in [0, 0.05) is 11.1 Å². The Labute approximate surface area is 109 Å². The predicted molar refractivity (Wildman–Crippen MR) is 71.7 cm³/mol. The van der Waals surface area contributed by atoms with Crippen LogP contribution < -0.4 is 4.74 Å². The zero-order valence-corrected chi connectivity index (χ0v) is 12.0. The summed E-state index contributed by atoms with van der Waals surface area (Å²) in [5.74, 6) is 0.769. The average molecular weight is 247 g/mol. The summed E-state index contributed by atoms with van der Waals surface area (Å²) in [6.07, 6.45) is 1.68. The zero-order chi connectivity index (χ0) is 14.1. The van der Waals surface area contributed by atoms with Crippen LogP contribution in [0.15, 0.2) is 12.1 Å². The molecule has 1 N–H and O–H groups in total. The molecule has 3 nitrogen and oxygen atoms in total. The van der Waals surface area contributed by atoms with E-state index in [9.17, 15) is 5.11 Å². The number of benzene rings is 1. The molecule has 0 radical (unpaired) electrons. The van der Waals surface area contributed by atoms with Crippen molar-refractivity contribution in [1.82, 2.24) is 0 Å². The smallest absolute Gasteiger partial charge is 0.292 e. The van der Waals surface area contributed by atoms with E-state index in [2.05, 4.69) is 0 Å². The number of phenolic OH excluding ortho intramolecular Hbond substituents is 1. The van der Waals surface area contributed by atoms with E-state index in [1.165, 1.54) is 0 Å². The maximum absolute atomic E-state index is 10.4. The number of phenols is 1. The molecule has 0 spiro atoms. The van der Waals surface area contributed by atoms with E-state index >= 15 is 0 Å². The van der Waals surface area contributed by atoms with Gasteiger partial charge in [-0.3, -0.25) is 0 Å². The van der Waals surface area contributed by atoms with Crippen LogP contribution in [0.5, 0.6) is 11.5 Å². The van der Waals surface area contributed by atoms with Gasteiger partial charge in [0.2, 0.25) is 0 Å². The number of aromatic hydroxyl groups is 1. The highest BCUT2D eigenvalue weighted by Gasteiger charge is 2.26. The zero-order valence-electron chi connectivity index (χ0n) is 12.0. The molecule has 0 amide bonds. The molecule has 1 aromatic rings. The van der Waals surface area contributed by atoms with Gasteiger partial charge in [-0.15, -0.1) is 5.26 Å². The Balaban J connectivity index is 3.55. The standard InChI is InChI=1S/C15H21NO2/c1-14(2,3)11-7-10(18-9-16)8-12(13(11)17)15(4,5)6/h7-8,17H,1-6H3. The Morgan fingerprint density at radius 3 is 1.67 bits per heavy atom. The van der Waals surface area contributed by atoms with Gasteiger partial charge in [0.25, 0.3) is 6.26 Å². The van der Waals surface area contributed by atoms with Crippen LogP contribution in [0.4, 0.5) is 0 Å². The minimum absolute atomic E-state index is 0.209. The number of hydrogen-bond acceptors (Lipinski definition) is 3. The van der Waals surface area contributed by atoms with E-state index in [0.29, 0.717) is 11.5 Å². The average Bonchev–Trinajstić information content (AvgIpc) is 2.17. The lowest BCUT2D eigenvalue weighted by Crippen LogP contribution is -2.17. The van der Waals surface area contributed by atoms with Crippen molar-refractivity contribution in [2.75, 3.05) is 0 Å². The maximum Gasteiger partial charge on any atom is 0.292 e. The summed E-state index contributed by atoms with van der Waals surface area (Å²) >= 11 is 0. The molecule has 98 valence electrons. The number of ether oxygens (including phenoxy) is 1. The summed E-state index contributed by atoms with van der Waals surface area (Å²) in [6.45, 7) is 12.1. The lowest BCUT2D eigenvalue weighted by Gasteiger charge is -2.27. The Morgan fingerprint density at radius 1 is 1.00 bits per heavy atom. The molecule has 1 aromatic carbocycles. The fourth-order valence-corrected chi connectivity index (χ4v) is 1.86. The maximum atomic E-state index is 10.4. The van der Waals surface area contributed by atoms with Crippen LogP contribution in [0.1, 0.15) is 52.7 Å². The first kappa shape index (κ1) is 14.4. The third-order valence-corrected chi connectivity index (χ3v) is 2.86.